The van der Waals surface area contributed by atoms with E-state index in [0.29, 0.717) is 19.6 Å². The lowest BCUT2D eigenvalue weighted by Crippen LogP contribution is -2.30. The molecule has 6 nitrogen and oxygen atoms in total. The predicted molar refractivity (Wildman–Crippen MR) is 83.2 cm³/mol. The van der Waals surface area contributed by atoms with Gasteiger partial charge in [-0.2, -0.15) is 4.31 Å². The maximum absolute atomic E-state index is 12.6. The summed E-state index contributed by atoms with van der Waals surface area (Å²) in [5.41, 5.74) is 5.58. The SMILES string of the molecule is CS(=O)(=O)c1ccc(S(=O)(=O)N2CCC(CN)C2)c(Br)c1. The first-order valence-corrected chi connectivity index (χ1v) is 10.5. The van der Waals surface area contributed by atoms with Crippen LogP contribution in [0, 0.1) is 5.92 Å². The van der Waals surface area contributed by atoms with Crippen molar-refractivity contribution in [2.45, 2.75) is 16.2 Å². The van der Waals surface area contributed by atoms with Crippen LogP contribution in [0.2, 0.25) is 0 Å². The lowest BCUT2D eigenvalue weighted by atomic mass is 10.1. The van der Waals surface area contributed by atoms with Gasteiger partial charge in [0.25, 0.3) is 0 Å². The molecule has 0 aromatic heterocycles. The van der Waals surface area contributed by atoms with Crippen molar-refractivity contribution in [1.29, 1.82) is 0 Å². The minimum atomic E-state index is -3.64. The van der Waals surface area contributed by atoms with Crippen LogP contribution >= 0.6 is 15.9 Å². The molecule has 0 saturated carbocycles. The quantitative estimate of drug-likeness (QED) is 0.812. The van der Waals surface area contributed by atoms with Crippen LogP contribution in [0.5, 0.6) is 0 Å². The van der Waals surface area contributed by atoms with E-state index < -0.39 is 19.9 Å². The number of sulfonamides is 1. The molecule has 0 spiro atoms. The summed E-state index contributed by atoms with van der Waals surface area (Å²) < 4.78 is 49.8. The first-order chi connectivity index (χ1) is 9.66. The van der Waals surface area contributed by atoms with E-state index in [-0.39, 0.29) is 20.2 Å². The van der Waals surface area contributed by atoms with Gasteiger partial charge in [-0.15, -0.1) is 0 Å². The molecule has 1 fully saturated rings. The number of sulfone groups is 1. The van der Waals surface area contributed by atoms with Gasteiger partial charge in [0.05, 0.1) is 9.79 Å². The minimum absolute atomic E-state index is 0.0765. The van der Waals surface area contributed by atoms with Crippen molar-refractivity contribution >= 4 is 35.8 Å². The topological polar surface area (TPSA) is 97.5 Å². The van der Waals surface area contributed by atoms with Gasteiger partial charge in [-0.3, -0.25) is 0 Å². The fraction of sp³-hybridized carbons (Fsp3) is 0.500. The zero-order valence-electron chi connectivity index (χ0n) is 11.5. The van der Waals surface area contributed by atoms with Gasteiger partial charge in [0.2, 0.25) is 10.0 Å². The van der Waals surface area contributed by atoms with Crippen molar-refractivity contribution in [2.24, 2.45) is 11.7 Å². The molecule has 0 radical (unpaired) electrons. The van der Waals surface area contributed by atoms with Crippen LogP contribution < -0.4 is 5.73 Å². The van der Waals surface area contributed by atoms with Gasteiger partial charge in [0.1, 0.15) is 0 Å². The van der Waals surface area contributed by atoms with Crippen molar-refractivity contribution in [3.8, 4) is 0 Å². The Kier molecular flexibility index (Phi) is 4.79. The molecule has 2 N–H and O–H groups in total. The number of benzene rings is 1. The van der Waals surface area contributed by atoms with Crippen molar-refractivity contribution in [3.63, 3.8) is 0 Å². The first kappa shape index (κ1) is 16.9. The molecule has 0 bridgehead atoms. The van der Waals surface area contributed by atoms with E-state index in [9.17, 15) is 16.8 Å². The van der Waals surface area contributed by atoms with Crippen LogP contribution in [0.1, 0.15) is 6.42 Å². The molecule has 21 heavy (non-hydrogen) atoms. The Morgan fingerprint density at radius 2 is 2.00 bits per heavy atom. The second-order valence-corrected chi connectivity index (χ2v) is 9.89. The summed E-state index contributed by atoms with van der Waals surface area (Å²) in [6, 6.07) is 3.95. The van der Waals surface area contributed by atoms with Crippen LogP contribution in [0.3, 0.4) is 0 Å². The fourth-order valence-corrected chi connectivity index (χ4v) is 5.64. The molecule has 1 aliphatic heterocycles. The standard InChI is InChI=1S/C12H17BrN2O4S2/c1-20(16,17)10-2-3-12(11(13)6-10)21(18,19)15-5-4-9(7-14)8-15/h2-3,6,9H,4-5,7-8,14H2,1H3. The summed E-state index contributed by atoms with van der Waals surface area (Å²) >= 11 is 3.16. The van der Waals surface area contributed by atoms with Crippen molar-refractivity contribution < 1.29 is 16.8 Å². The highest BCUT2D eigenvalue weighted by Gasteiger charge is 2.33. The minimum Gasteiger partial charge on any atom is -0.330 e. The van der Waals surface area contributed by atoms with Crippen molar-refractivity contribution in [3.05, 3.63) is 22.7 Å². The average molecular weight is 397 g/mol. The normalized spacial score (nSPS) is 20.8. The molecule has 1 saturated heterocycles. The maximum Gasteiger partial charge on any atom is 0.244 e. The van der Waals surface area contributed by atoms with Crippen LogP contribution in [0.4, 0.5) is 0 Å². The van der Waals surface area contributed by atoms with Crippen molar-refractivity contribution in [1.82, 2.24) is 4.31 Å². The molecule has 1 heterocycles. The summed E-state index contributed by atoms with van der Waals surface area (Å²) in [6.45, 7) is 1.30. The van der Waals surface area contributed by atoms with Gasteiger partial charge in [-0.05, 0) is 53.0 Å². The number of rotatable bonds is 4. The van der Waals surface area contributed by atoms with E-state index in [0.717, 1.165) is 12.7 Å². The highest BCUT2D eigenvalue weighted by molar-refractivity contribution is 9.10. The highest BCUT2D eigenvalue weighted by Crippen LogP contribution is 2.30. The highest BCUT2D eigenvalue weighted by atomic mass is 79.9. The van der Waals surface area contributed by atoms with E-state index in [2.05, 4.69) is 15.9 Å². The van der Waals surface area contributed by atoms with Gasteiger partial charge >= 0.3 is 0 Å². The van der Waals surface area contributed by atoms with Gasteiger partial charge < -0.3 is 5.73 Å². The Bertz CT molecular complexity index is 747. The summed E-state index contributed by atoms with van der Waals surface area (Å²) in [7, 11) is -7.01. The number of halogens is 1. The van der Waals surface area contributed by atoms with Crippen molar-refractivity contribution in [2.75, 3.05) is 25.9 Å². The Morgan fingerprint density at radius 3 is 2.48 bits per heavy atom. The predicted octanol–water partition coefficient (Wildman–Crippen LogP) is 0.822. The molecule has 1 aliphatic rings. The zero-order valence-corrected chi connectivity index (χ0v) is 14.7. The average Bonchev–Trinajstić information content (AvgIpc) is 2.86. The van der Waals surface area contributed by atoms with Gasteiger partial charge in [0, 0.05) is 23.8 Å². The Morgan fingerprint density at radius 1 is 1.33 bits per heavy atom. The lowest BCUT2D eigenvalue weighted by Gasteiger charge is -2.17. The first-order valence-electron chi connectivity index (χ1n) is 6.36. The molecule has 1 aromatic rings. The zero-order chi connectivity index (χ0) is 15.8. The second kappa shape index (κ2) is 5.96. The van der Waals surface area contributed by atoms with E-state index in [1.807, 2.05) is 0 Å². The molecular weight excluding hydrogens is 380 g/mol. The number of nitrogens with zero attached hydrogens (tertiary/aromatic N) is 1. The third-order valence-corrected chi connectivity index (χ3v) is 7.48. The largest absolute Gasteiger partial charge is 0.330 e. The number of nitrogens with two attached hydrogens (primary N) is 1. The summed E-state index contributed by atoms with van der Waals surface area (Å²) in [4.78, 5) is 0.155. The molecule has 1 unspecified atom stereocenters. The molecule has 9 heteroatoms. The molecule has 0 amide bonds. The van der Waals surface area contributed by atoms with E-state index >= 15 is 0 Å². The van der Waals surface area contributed by atoms with Gasteiger partial charge in [0.15, 0.2) is 9.84 Å². The van der Waals surface area contributed by atoms with E-state index in [1.165, 1.54) is 22.5 Å². The molecule has 1 atom stereocenters. The third-order valence-electron chi connectivity index (χ3n) is 3.53. The fourth-order valence-electron chi connectivity index (χ4n) is 2.27. The van der Waals surface area contributed by atoms with Crippen LogP contribution in [-0.2, 0) is 19.9 Å². The number of hydrogen-bond donors (Lipinski definition) is 1. The molecule has 0 aliphatic carbocycles. The molecular formula is C12H17BrN2O4S2. The van der Waals surface area contributed by atoms with Crippen LogP contribution in [0.15, 0.2) is 32.5 Å². The lowest BCUT2D eigenvalue weighted by molar-refractivity contribution is 0.458. The summed E-state index contributed by atoms with van der Waals surface area (Å²) in [5, 5.41) is 0. The van der Waals surface area contributed by atoms with Gasteiger partial charge in [-0.1, -0.05) is 0 Å². The second-order valence-electron chi connectivity index (χ2n) is 5.12. The molecule has 1 aromatic carbocycles. The maximum atomic E-state index is 12.6. The Hall–Kier alpha value is -0.480. The Labute approximate surface area is 133 Å². The molecule has 118 valence electrons. The van der Waals surface area contributed by atoms with Crippen LogP contribution in [0.25, 0.3) is 0 Å². The smallest absolute Gasteiger partial charge is 0.244 e. The molecule has 2 rings (SSSR count). The Balaban J connectivity index is 2.38. The summed E-state index contributed by atoms with van der Waals surface area (Å²) in [6.07, 6.45) is 1.82. The van der Waals surface area contributed by atoms with Crippen LogP contribution in [-0.4, -0.2) is 47.0 Å². The van der Waals surface area contributed by atoms with E-state index in [1.54, 1.807) is 0 Å². The van der Waals surface area contributed by atoms with Gasteiger partial charge in [-0.25, -0.2) is 16.8 Å². The summed E-state index contributed by atoms with van der Waals surface area (Å²) in [5.74, 6) is 0.175. The monoisotopic (exact) mass is 396 g/mol. The van der Waals surface area contributed by atoms with E-state index in [4.69, 9.17) is 5.73 Å². The number of hydrogen-bond acceptors (Lipinski definition) is 5. The third kappa shape index (κ3) is 3.48.